The zero-order valence-electron chi connectivity index (χ0n) is 10.1. The Balaban J connectivity index is 2.31. The molecule has 6 nitrogen and oxygen atoms in total. The number of aryl methyl sites for hydroxylation is 1. The highest BCUT2D eigenvalue weighted by molar-refractivity contribution is 6.09. The first-order valence-corrected chi connectivity index (χ1v) is 5.51. The van der Waals surface area contributed by atoms with Crippen molar-refractivity contribution in [1.82, 2.24) is 9.97 Å². The number of aromatic carboxylic acids is 1. The van der Waals surface area contributed by atoms with Crippen LogP contribution in [0.2, 0.25) is 0 Å². The number of hydrogen-bond acceptors (Lipinski definition) is 4. The van der Waals surface area contributed by atoms with Gasteiger partial charge in [-0.3, -0.25) is 14.8 Å². The molecule has 0 radical (unpaired) electrons. The second-order valence-electron chi connectivity index (χ2n) is 3.80. The number of pyridine rings is 2. The van der Waals surface area contributed by atoms with Gasteiger partial charge in [0.1, 0.15) is 5.69 Å². The molecule has 2 rings (SSSR count). The standard InChI is InChI=1S/C13H11N3O3/c1-8-10(5-3-6-14-8)16-12(17)11-9(13(18)19)4-2-7-15-11/h2-7H,1H3,(H,16,17)(H,18,19). The van der Waals surface area contributed by atoms with Gasteiger partial charge in [0.15, 0.2) is 0 Å². The van der Waals surface area contributed by atoms with E-state index in [1.165, 1.54) is 18.3 Å². The lowest BCUT2D eigenvalue weighted by atomic mass is 10.2. The molecule has 0 saturated carbocycles. The smallest absolute Gasteiger partial charge is 0.338 e. The summed E-state index contributed by atoms with van der Waals surface area (Å²) in [6.45, 7) is 1.74. The molecule has 0 aliphatic carbocycles. The molecule has 0 saturated heterocycles. The Bertz CT molecular complexity index is 641. The molecule has 6 heteroatoms. The molecule has 2 aromatic heterocycles. The minimum atomic E-state index is -1.19. The summed E-state index contributed by atoms with van der Waals surface area (Å²) in [6.07, 6.45) is 2.98. The number of aromatic nitrogens is 2. The first-order chi connectivity index (χ1) is 9.09. The molecule has 2 N–H and O–H groups in total. The molecule has 2 aromatic rings. The predicted octanol–water partition coefficient (Wildman–Crippen LogP) is 1.74. The Morgan fingerprint density at radius 1 is 1.16 bits per heavy atom. The molecule has 2 heterocycles. The highest BCUT2D eigenvalue weighted by Crippen LogP contribution is 2.13. The molecule has 0 bridgehead atoms. The lowest BCUT2D eigenvalue weighted by Crippen LogP contribution is -2.18. The van der Waals surface area contributed by atoms with Crippen LogP contribution in [0.1, 0.15) is 26.5 Å². The van der Waals surface area contributed by atoms with Crippen molar-refractivity contribution in [3.63, 3.8) is 0 Å². The molecule has 0 spiro atoms. The summed E-state index contributed by atoms with van der Waals surface area (Å²) in [5.41, 5.74) is 0.901. The monoisotopic (exact) mass is 257 g/mol. The molecule has 0 aliphatic heterocycles. The van der Waals surface area contributed by atoms with Crippen LogP contribution in [0, 0.1) is 6.92 Å². The van der Waals surface area contributed by atoms with Gasteiger partial charge in [-0.05, 0) is 31.2 Å². The van der Waals surface area contributed by atoms with Gasteiger partial charge in [-0.15, -0.1) is 0 Å². The Hall–Kier alpha value is -2.76. The molecule has 0 aromatic carbocycles. The number of rotatable bonds is 3. The number of carboxylic acid groups (broad SMARTS) is 1. The van der Waals surface area contributed by atoms with Gasteiger partial charge in [0, 0.05) is 12.4 Å². The molecular formula is C13H11N3O3. The topological polar surface area (TPSA) is 92.2 Å². The fraction of sp³-hybridized carbons (Fsp3) is 0.0769. The lowest BCUT2D eigenvalue weighted by Gasteiger charge is -2.08. The van der Waals surface area contributed by atoms with Crippen LogP contribution < -0.4 is 5.32 Å². The zero-order valence-corrected chi connectivity index (χ0v) is 10.1. The number of nitrogens with one attached hydrogen (secondary N) is 1. The van der Waals surface area contributed by atoms with Crippen LogP contribution in [0.4, 0.5) is 5.69 Å². The third kappa shape index (κ3) is 2.74. The fourth-order valence-corrected chi connectivity index (χ4v) is 1.56. The van der Waals surface area contributed by atoms with Gasteiger partial charge in [0.05, 0.1) is 16.9 Å². The third-order valence-electron chi connectivity index (χ3n) is 2.51. The maximum absolute atomic E-state index is 12.0. The molecule has 0 unspecified atom stereocenters. The average Bonchev–Trinajstić information content (AvgIpc) is 2.41. The quantitative estimate of drug-likeness (QED) is 0.873. The molecule has 0 atom stereocenters. The van der Waals surface area contributed by atoms with E-state index in [-0.39, 0.29) is 11.3 Å². The van der Waals surface area contributed by atoms with E-state index in [9.17, 15) is 9.59 Å². The first-order valence-electron chi connectivity index (χ1n) is 5.51. The van der Waals surface area contributed by atoms with Gasteiger partial charge in [-0.2, -0.15) is 0 Å². The summed E-state index contributed by atoms with van der Waals surface area (Å²) in [5.74, 6) is -1.77. The minimum Gasteiger partial charge on any atom is -0.478 e. The Morgan fingerprint density at radius 2 is 1.84 bits per heavy atom. The summed E-state index contributed by atoms with van der Waals surface area (Å²) in [4.78, 5) is 30.9. The Kier molecular flexibility index (Phi) is 3.51. The summed E-state index contributed by atoms with van der Waals surface area (Å²) < 4.78 is 0. The number of carboxylic acids is 1. The van der Waals surface area contributed by atoms with Crippen LogP contribution in [0.15, 0.2) is 36.7 Å². The number of hydrogen-bond donors (Lipinski definition) is 2. The average molecular weight is 257 g/mol. The van der Waals surface area contributed by atoms with Gasteiger partial charge in [-0.1, -0.05) is 0 Å². The van der Waals surface area contributed by atoms with E-state index >= 15 is 0 Å². The Labute approximate surface area is 109 Å². The number of nitrogens with zero attached hydrogens (tertiary/aromatic N) is 2. The second kappa shape index (κ2) is 5.26. The maximum Gasteiger partial charge on any atom is 0.338 e. The number of carbonyl (C=O) groups is 2. The van der Waals surface area contributed by atoms with Gasteiger partial charge in [-0.25, -0.2) is 4.79 Å². The van der Waals surface area contributed by atoms with E-state index in [2.05, 4.69) is 15.3 Å². The summed E-state index contributed by atoms with van der Waals surface area (Å²) in [5, 5.41) is 11.6. The number of amides is 1. The first kappa shape index (κ1) is 12.7. The van der Waals surface area contributed by atoms with Crippen LogP contribution in [-0.2, 0) is 0 Å². The summed E-state index contributed by atoms with van der Waals surface area (Å²) >= 11 is 0. The van der Waals surface area contributed by atoms with E-state index in [0.717, 1.165) is 0 Å². The van der Waals surface area contributed by atoms with Crippen molar-refractivity contribution < 1.29 is 14.7 Å². The molecule has 19 heavy (non-hydrogen) atoms. The van der Waals surface area contributed by atoms with Crippen LogP contribution in [0.25, 0.3) is 0 Å². The highest BCUT2D eigenvalue weighted by Gasteiger charge is 2.18. The van der Waals surface area contributed by atoms with Gasteiger partial charge in [0.25, 0.3) is 5.91 Å². The lowest BCUT2D eigenvalue weighted by molar-refractivity contribution is 0.0691. The van der Waals surface area contributed by atoms with Crippen LogP contribution in [-0.4, -0.2) is 27.0 Å². The van der Waals surface area contributed by atoms with E-state index in [0.29, 0.717) is 11.4 Å². The van der Waals surface area contributed by atoms with E-state index in [1.807, 2.05) is 0 Å². The summed E-state index contributed by atoms with van der Waals surface area (Å²) in [6, 6.07) is 6.17. The zero-order chi connectivity index (χ0) is 13.8. The van der Waals surface area contributed by atoms with Crippen molar-refractivity contribution in [1.29, 1.82) is 0 Å². The summed E-state index contributed by atoms with van der Waals surface area (Å²) in [7, 11) is 0. The third-order valence-corrected chi connectivity index (χ3v) is 2.51. The molecule has 1 amide bonds. The minimum absolute atomic E-state index is 0.127. The molecule has 0 fully saturated rings. The number of anilines is 1. The van der Waals surface area contributed by atoms with Gasteiger partial charge in [0.2, 0.25) is 0 Å². The normalized spacial score (nSPS) is 9.95. The van der Waals surface area contributed by atoms with Gasteiger partial charge >= 0.3 is 5.97 Å². The van der Waals surface area contributed by atoms with Crippen LogP contribution in [0.3, 0.4) is 0 Å². The Morgan fingerprint density at radius 3 is 2.53 bits per heavy atom. The molecule has 96 valence electrons. The van der Waals surface area contributed by atoms with Crippen molar-refractivity contribution in [3.05, 3.63) is 53.6 Å². The van der Waals surface area contributed by atoms with Crippen molar-refractivity contribution in [2.75, 3.05) is 5.32 Å². The second-order valence-corrected chi connectivity index (χ2v) is 3.80. The van der Waals surface area contributed by atoms with Crippen LogP contribution in [0.5, 0.6) is 0 Å². The van der Waals surface area contributed by atoms with Crippen molar-refractivity contribution >= 4 is 17.6 Å². The van der Waals surface area contributed by atoms with Crippen molar-refractivity contribution in [3.8, 4) is 0 Å². The van der Waals surface area contributed by atoms with Crippen molar-refractivity contribution in [2.45, 2.75) is 6.92 Å². The van der Waals surface area contributed by atoms with E-state index < -0.39 is 11.9 Å². The molecular weight excluding hydrogens is 246 g/mol. The van der Waals surface area contributed by atoms with Gasteiger partial charge < -0.3 is 10.4 Å². The van der Waals surface area contributed by atoms with E-state index in [4.69, 9.17) is 5.11 Å². The fourth-order valence-electron chi connectivity index (χ4n) is 1.56. The molecule has 0 aliphatic rings. The maximum atomic E-state index is 12.0. The van der Waals surface area contributed by atoms with Crippen molar-refractivity contribution in [2.24, 2.45) is 0 Å². The highest BCUT2D eigenvalue weighted by atomic mass is 16.4. The van der Waals surface area contributed by atoms with E-state index in [1.54, 1.807) is 25.3 Å². The number of carbonyl (C=O) groups excluding carboxylic acids is 1. The SMILES string of the molecule is Cc1ncccc1NC(=O)c1ncccc1C(=O)O. The predicted molar refractivity (Wildman–Crippen MR) is 68.1 cm³/mol. The van der Waals surface area contributed by atoms with Crippen LogP contribution >= 0.6 is 0 Å². The largest absolute Gasteiger partial charge is 0.478 e.